The van der Waals surface area contributed by atoms with E-state index < -0.39 is 6.10 Å². The van der Waals surface area contributed by atoms with Crippen LogP contribution in [0.1, 0.15) is 28.6 Å². The molecule has 16 heavy (non-hydrogen) atoms. The Labute approximate surface area is 93.7 Å². The smallest absolute Gasteiger partial charge is 0.140 e. The van der Waals surface area contributed by atoms with E-state index in [0.29, 0.717) is 17.1 Å². The number of rotatable bonds is 2. The number of hydrogen-bond acceptors (Lipinski definition) is 4. The first-order chi connectivity index (χ1) is 7.59. The summed E-state index contributed by atoms with van der Waals surface area (Å²) in [5.41, 5.74) is 8.16. The van der Waals surface area contributed by atoms with E-state index in [0.717, 1.165) is 11.1 Å². The Morgan fingerprint density at radius 3 is 2.81 bits per heavy atom. The van der Waals surface area contributed by atoms with Crippen LogP contribution >= 0.6 is 0 Å². The first-order valence-electron chi connectivity index (χ1n) is 5.03. The Morgan fingerprint density at radius 2 is 2.19 bits per heavy atom. The number of nitrogen functional groups attached to an aromatic ring is 1. The maximum Gasteiger partial charge on any atom is 0.140 e. The predicted molar refractivity (Wildman–Crippen MR) is 60.9 cm³/mol. The SMILES string of the molecule is Cc1cnc(N)c(C(O)c2occc2C)c1. The third-order valence-electron chi connectivity index (χ3n) is 2.53. The van der Waals surface area contributed by atoms with E-state index in [2.05, 4.69) is 4.98 Å². The Bertz CT molecular complexity index is 505. The second-order valence-electron chi connectivity index (χ2n) is 3.86. The van der Waals surface area contributed by atoms with Crippen LogP contribution in [0.25, 0.3) is 0 Å². The van der Waals surface area contributed by atoms with Gasteiger partial charge in [0.15, 0.2) is 0 Å². The minimum atomic E-state index is -0.859. The largest absolute Gasteiger partial charge is 0.466 e. The van der Waals surface area contributed by atoms with Crippen molar-refractivity contribution in [1.82, 2.24) is 4.98 Å². The summed E-state index contributed by atoms with van der Waals surface area (Å²) < 4.78 is 5.24. The lowest BCUT2D eigenvalue weighted by molar-refractivity contribution is 0.188. The number of pyridine rings is 1. The molecule has 4 heteroatoms. The van der Waals surface area contributed by atoms with Crippen LogP contribution in [0.5, 0.6) is 0 Å². The number of aliphatic hydroxyl groups excluding tert-OH is 1. The lowest BCUT2D eigenvalue weighted by Crippen LogP contribution is -2.06. The third-order valence-corrected chi connectivity index (χ3v) is 2.53. The van der Waals surface area contributed by atoms with Crippen molar-refractivity contribution in [3.63, 3.8) is 0 Å². The Balaban J connectivity index is 2.45. The minimum absolute atomic E-state index is 0.328. The van der Waals surface area contributed by atoms with E-state index in [4.69, 9.17) is 10.2 Å². The number of anilines is 1. The van der Waals surface area contributed by atoms with E-state index in [1.54, 1.807) is 18.5 Å². The molecule has 0 radical (unpaired) electrons. The molecule has 0 aliphatic carbocycles. The fourth-order valence-corrected chi connectivity index (χ4v) is 1.63. The van der Waals surface area contributed by atoms with Gasteiger partial charge in [-0.25, -0.2) is 4.98 Å². The molecular formula is C12H14N2O2. The standard InChI is InChI=1S/C12H14N2O2/c1-7-5-9(12(13)14-6-7)10(15)11-8(2)3-4-16-11/h3-6,10,15H,1-2H3,(H2,13,14). The lowest BCUT2D eigenvalue weighted by atomic mass is 10.0. The highest BCUT2D eigenvalue weighted by Gasteiger charge is 2.19. The van der Waals surface area contributed by atoms with Gasteiger partial charge in [-0.3, -0.25) is 0 Å². The third kappa shape index (κ3) is 1.79. The summed E-state index contributed by atoms with van der Waals surface area (Å²) in [7, 11) is 0. The zero-order valence-corrected chi connectivity index (χ0v) is 9.27. The molecule has 1 atom stereocenters. The summed E-state index contributed by atoms with van der Waals surface area (Å²) in [4.78, 5) is 4.02. The van der Waals surface area contributed by atoms with Crippen molar-refractivity contribution >= 4 is 5.82 Å². The van der Waals surface area contributed by atoms with E-state index in [1.807, 2.05) is 19.9 Å². The van der Waals surface area contributed by atoms with Crippen LogP contribution < -0.4 is 5.73 Å². The average Bonchev–Trinajstić information content (AvgIpc) is 2.67. The van der Waals surface area contributed by atoms with Crippen LogP contribution in [0.3, 0.4) is 0 Å². The van der Waals surface area contributed by atoms with Gasteiger partial charge in [0.2, 0.25) is 0 Å². The number of hydrogen-bond donors (Lipinski definition) is 2. The van der Waals surface area contributed by atoms with Crippen LogP contribution in [0.2, 0.25) is 0 Å². The fraction of sp³-hybridized carbons (Fsp3) is 0.250. The number of nitrogens with zero attached hydrogens (tertiary/aromatic N) is 1. The second-order valence-corrected chi connectivity index (χ2v) is 3.86. The molecule has 0 aliphatic heterocycles. The maximum absolute atomic E-state index is 10.2. The van der Waals surface area contributed by atoms with Crippen molar-refractivity contribution in [3.8, 4) is 0 Å². The summed E-state index contributed by atoms with van der Waals surface area (Å²) in [5, 5.41) is 10.2. The van der Waals surface area contributed by atoms with Crippen LogP contribution in [-0.2, 0) is 0 Å². The van der Waals surface area contributed by atoms with Crippen molar-refractivity contribution < 1.29 is 9.52 Å². The number of aliphatic hydroxyl groups is 1. The highest BCUT2D eigenvalue weighted by molar-refractivity contribution is 5.45. The topological polar surface area (TPSA) is 72.3 Å². The lowest BCUT2D eigenvalue weighted by Gasteiger charge is -2.12. The molecule has 84 valence electrons. The average molecular weight is 218 g/mol. The zero-order valence-electron chi connectivity index (χ0n) is 9.27. The molecule has 0 spiro atoms. The predicted octanol–water partition coefficient (Wildman–Crippen LogP) is 1.96. The van der Waals surface area contributed by atoms with E-state index in [1.165, 1.54) is 0 Å². The van der Waals surface area contributed by atoms with Gasteiger partial charge >= 0.3 is 0 Å². The number of nitrogens with two attached hydrogens (primary N) is 1. The molecule has 0 aromatic carbocycles. The Hall–Kier alpha value is -1.81. The molecule has 0 aliphatic rings. The number of aromatic nitrogens is 1. The van der Waals surface area contributed by atoms with Gasteiger partial charge in [-0.1, -0.05) is 0 Å². The van der Waals surface area contributed by atoms with Gasteiger partial charge in [-0.05, 0) is 37.1 Å². The molecule has 3 N–H and O–H groups in total. The molecular weight excluding hydrogens is 204 g/mol. The van der Waals surface area contributed by atoms with Crippen molar-refractivity contribution in [1.29, 1.82) is 0 Å². The summed E-state index contributed by atoms with van der Waals surface area (Å²) in [6.07, 6.45) is 2.36. The molecule has 0 fully saturated rings. The van der Waals surface area contributed by atoms with Crippen molar-refractivity contribution in [2.75, 3.05) is 5.73 Å². The quantitative estimate of drug-likeness (QED) is 0.808. The van der Waals surface area contributed by atoms with Gasteiger partial charge in [-0.15, -0.1) is 0 Å². The van der Waals surface area contributed by atoms with E-state index in [9.17, 15) is 5.11 Å². The fourth-order valence-electron chi connectivity index (χ4n) is 1.63. The molecule has 0 saturated carbocycles. The number of aryl methyl sites for hydroxylation is 2. The van der Waals surface area contributed by atoms with Crippen LogP contribution in [0, 0.1) is 13.8 Å². The van der Waals surface area contributed by atoms with Gasteiger partial charge in [-0.2, -0.15) is 0 Å². The summed E-state index contributed by atoms with van der Waals surface area (Å²) in [5.74, 6) is 0.841. The molecule has 0 amide bonds. The maximum atomic E-state index is 10.2. The van der Waals surface area contributed by atoms with Gasteiger partial charge in [0.25, 0.3) is 0 Å². The number of furan rings is 1. The monoisotopic (exact) mass is 218 g/mol. The van der Waals surface area contributed by atoms with Crippen LogP contribution in [0.4, 0.5) is 5.82 Å². The van der Waals surface area contributed by atoms with Gasteiger partial charge < -0.3 is 15.3 Å². The molecule has 0 saturated heterocycles. The van der Waals surface area contributed by atoms with E-state index in [-0.39, 0.29) is 0 Å². The molecule has 2 rings (SSSR count). The highest BCUT2D eigenvalue weighted by Crippen LogP contribution is 2.28. The van der Waals surface area contributed by atoms with Crippen molar-refractivity contribution in [3.05, 3.63) is 47.0 Å². The summed E-state index contributed by atoms with van der Waals surface area (Å²) >= 11 is 0. The molecule has 4 nitrogen and oxygen atoms in total. The first-order valence-corrected chi connectivity index (χ1v) is 5.03. The summed E-state index contributed by atoms with van der Waals surface area (Å²) in [6, 6.07) is 3.62. The van der Waals surface area contributed by atoms with Gasteiger partial charge in [0.1, 0.15) is 17.7 Å². The Kier molecular flexibility index (Phi) is 2.66. The highest BCUT2D eigenvalue weighted by atomic mass is 16.4. The molecule has 1 unspecified atom stereocenters. The molecule has 2 heterocycles. The van der Waals surface area contributed by atoms with Gasteiger partial charge in [0.05, 0.1) is 6.26 Å². The minimum Gasteiger partial charge on any atom is -0.466 e. The first kappa shape index (κ1) is 10.7. The normalized spacial score (nSPS) is 12.7. The molecule has 2 aromatic heterocycles. The van der Waals surface area contributed by atoms with Crippen molar-refractivity contribution in [2.24, 2.45) is 0 Å². The molecule has 2 aromatic rings. The van der Waals surface area contributed by atoms with Crippen LogP contribution in [-0.4, -0.2) is 10.1 Å². The summed E-state index contributed by atoms with van der Waals surface area (Å²) in [6.45, 7) is 3.78. The van der Waals surface area contributed by atoms with Crippen LogP contribution in [0.15, 0.2) is 29.0 Å². The molecule has 0 bridgehead atoms. The Morgan fingerprint density at radius 1 is 1.44 bits per heavy atom. The van der Waals surface area contributed by atoms with Gasteiger partial charge in [0, 0.05) is 11.8 Å². The second kappa shape index (κ2) is 3.98. The van der Waals surface area contributed by atoms with E-state index >= 15 is 0 Å². The van der Waals surface area contributed by atoms with Crippen molar-refractivity contribution in [2.45, 2.75) is 20.0 Å². The zero-order chi connectivity index (χ0) is 11.7.